The first kappa shape index (κ1) is 14.7. The van der Waals surface area contributed by atoms with Gasteiger partial charge >= 0.3 is 0 Å². The first-order valence-electron chi connectivity index (χ1n) is 6.33. The molecule has 2 aromatic carbocycles. The van der Waals surface area contributed by atoms with E-state index in [1.54, 1.807) is 17.1 Å². The Labute approximate surface area is 122 Å². The fraction of sp³-hybridized carbons (Fsp3) is 0.0667. The lowest BCUT2D eigenvalue weighted by Gasteiger charge is -2.16. The molecular weight excluding hydrogens is 268 g/mol. The molecular formula is C15H16N4O2. The van der Waals surface area contributed by atoms with E-state index >= 15 is 0 Å². The van der Waals surface area contributed by atoms with Gasteiger partial charge in [-0.15, -0.1) is 0 Å². The summed E-state index contributed by atoms with van der Waals surface area (Å²) < 4.78 is 0. The van der Waals surface area contributed by atoms with Gasteiger partial charge in [-0.1, -0.05) is 24.3 Å². The maximum absolute atomic E-state index is 10.6. The molecule has 0 aliphatic carbocycles. The van der Waals surface area contributed by atoms with E-state index in [1.165, 1.54) is 12.1 Å². The number of nitrogens with one attached hydrogen (secondary N) is 1. The summed E-state index contributed by atoms with van der Waals surface area (Å²) in [5, 5.41) is 12.3. The molecule has 2 rings (SSSR count). The number of hydrazine groups is 2. The zero-order valence-electron chi connectivity index (χ0n) is 11.6. The lowest BCUT2D eigenvalue weighted by atomic mass is 10.1. The van der Waals surface area contributed by atoms with Gasteiger partial charge in [0, 0.05) is 19.2 Å². The van der Waals surface area contributed by atoms with Crippen LogP contribution < -0.4 is 16.4 Å². The Morgan fingerprint density at radius 2 is 1.52 bits per heavy atom. The van der Waals surface area contributed by atoms with Gasteiger partial charge in [0.25, 0.3) is 5.69 Å². The van der Waals surface area contributed by atoms with Crippen LogP contribution in [0.3, 0.4) is 0 Å². The third-order valence-corrected chi connectivity index (χ3v) is 3.05. The average Bonchev–Trinajstić information content (AvgIpc) is 2.53. The maximum atomic E-state index is 10.6. The predicted octanol–water partition coefficient (Wildman–Crippen LogP) is 2.58. The molecule has 0 spiro atoms. The van der Waals surface area contributed by atoms with E-state index in [0.717, 1.165) is 16.8 Å². The van der Waals surface area contributed by atoms with Gasteiger partial charge in [-0.2, -0.15) is 5.53 Å². The number of hydrogen-bond donors (Lipinski definition) is 2. The zero-order chi connectivity index (χ0) is 15.2. The van der Waals surface area contributed by atoms with Crippen molar-refractivity contribution in [3.8, 4) is 0 Å². The molecule has 2 aromatic rings. The van der Waals surface area contributed by atoms with Crippen molar-refractivity contribution in [2.24, 2.45) is 5.84 Å². The number of nitrogens with zero attached hydrogens (tertiary/aromatic N) is 2. The summed E-state index contributed by atoms with van der Waals surface area (Å²) in [4.78, 5) is 10.2. The molecule has 0 saturated carbocycles. The molecule has 6 heteroatoms. The Hall–Kier alpha value is -2.70. The monoisotopic (exact) mass is 284 g/mol. The lowest BCUT2D eigenvalue weighted by molar-refractivity contribution is -0.384. The summed E-state index contributed by atoms with van der Waals surface area (Å²) in [6.07, 6.45) is 3.85. The van der Waals surface area contributed by atoms with Crippen LogP contribution >= 0.6 is 0 Å². The minimum absolute atomic E-state index is 0.0915. The molecule has 3 N–H and O–H groups in total. The van der Waals surface area contributed by atoms with Crippen LogP contribution in [-0.4, -0.2) is 12.0 Å². The fourth-order valence-electron chi connectivity index (χ4n) is 1.78. The van der Waals surface area contributed by atoms with E-state index < -0.39 is 4.92 Å². The molecule has 0 radical (unpaired) electrons. The second kappa shape index (κ2) is 6.65. The van der Waals surface area contributed by atoms with Gasteiger partial charge in [-0.05, 0) is 35.4 Å². The highest BCUT2D eigenvalue weighted by atomic mass is 16.6. The second-order valence-electron chi connectivity index (χ2n) is 4.46. The number of anilines is 1. The van der Waals surface area contributed by atoms with Gasteiger partial charge in [-0.25, -0.2) is 0 Å². The molecule has 0 atom stereocenters. The van der Waals surface area contributed by atoms with Crippen molar-refractivity contribution in [2.45, 2.75) is 0 Å². The van der Waals surface area contributed by atoms with Gasteiger partial charge in [0.1, 0.15) is 0 Å². The van der Waals surface area contributed by atoms with Gasteiger partial charge < -0.3 is 0 Å². The van der Waals surface area contributed by atoms with Crippen LogP contribution in [0.5, 0.6) is 0 Å². The molecule has 6 nitrogen and oxygen atoms in total. The van der Waals surface area contributed by atoms with Crippen LogP contribution in [0.1, 0.15) is 11.1 Å². The molecule has 108 valence electrons. The quantitative estimate of drug-likeness (QED) is 0.381. The van der Waals surface area contributed by atoms with Crippen molar-refractivity contribution in [3.05, 3.63) is 69.8 Å². The average molecular weight is 284 g/mol. The predicted molar refractivity (Wildman–Crippen MR) is 84.2 cm³/mol. The fourth-order valence-corrected chi connectivity index (χ4v) is 1.78. The number of rotatable bonds is 5. The summed E-state index contributed by atoms with van der Waals surface area (Å²) in [6, 6.07) is 14.2. The Bertz CT molecular complexity index is 636. The van der Waals surface area contributed by atoms with Crippen molar-refractivity contribution in [1.82, 2.24) is 5.53 Å². The maximum Gasteiger partial charge on any atom is 0.269 e. The van der Waals surface area contributed by atoms with E-state index in [0.29, 0.717) is 0 Å². The van der Waals surface area contributed by atoms with Crippen molar-refractivity contribution >= 4 is 23.5 Å². The first-order chi connectivity index (χ1) is 10.1. The van der Waals surface area contributed by atoms with E-state index in [9.17, 15) is 10.1 Å². The molecule has 0 heterocycles. The summed E-state index contributed by atoms with van der Waals surface area (Å²) in [6.45, 7) is 0. The standard InChI is InChI=1S/C15H16N4O2/c1-18(17-16)14-8-4-12(5-9-14)2-3-13-6-10-15(11-7-13)19(20)21/h2-11,17H,16H2,1H3. The minimum Gasteiger partial charge on any atom is -0.298 e. The number of nitro benzene ring substituents is 1. The minimum atomic E-state index is -0.409. The Kier molecular flexibility index (Phi) is 4.65. The molecule has 0 saturated heterocycles. The molecule has 0 fully saturated rings. The highest BCUT2D eigenvalue weighted by molar-refractivity contribution is 5.70. The Balaban J connectivity index is 2.08. The van der Waals surface area contributed by atoms with Crippen LogP contribution in [0.4, 0.5) is 11.4 Å². The van der Waals surface area contributed by atoms with E-state index in [-0.39, 0.29) is 5.69 Å². The van der Waals surface area contributed by atoms with Crippen LogP contribution in [-0.2, 0) is 0 Å². The molecule has 0 aromatic heterocycles. The van der Waals surface area contributed by atoms with Crippen molar-refractivity contribution in [1.29, 1.82) is 0 Å². The van der Waals surface area contributed by atoms with E-state index in [2.05, 4.69) is 5.53 Å². The third-order valence-electron chi connectivity index (χ3n) is 3.05. The van der Waals surface area contributed by atoms with Gasteiger partial charge in [0.2, 0.25) is 0 Å². The first-order valence-corrected chi connectivity index (χ1v) is 6.33. The Morgan fingerprint density at radius 1 is 1.05 bits per heavy atom. The highest BCUT2D eigenvalue weighted by Crippen LogP contribution is 2.16. The number of nitrogens with two attached hydrogens (primary N) is 1. The summed E-state index contributed by atoms with van der Waals surface area (Å²) in [5.41, 5.74) is 5.51. The topological polar surface area (TPSA) is 84.4 Å². The summed E-state index contributed by atoms with van der Waals surface area (Å²) in [5.74, 6) is 5.32. The number of benzene rings is 2. The van der Waals surface area contributed by atoms with E-state index in [1.807, 2.05) is 43.5 Å². The van der Waals surface area contributed by atoms with Crippen molar-refractivity contribution in [2.75, 3.05) is 12.1 Å². The van der Waals surface area contributed by atoms with Crippen LogP contribution in [0.15, 0.2) is 48.5 Å². The number of non-ortho nitro benzene ring substituents is 1. The molecule has 0 bridgehead atoms. The van der Waals surface area contributed by atoms with E-state index in [4.69, 9.17) is 5.84 Å². The molecule has 0 aliphatic heterocycles. The van der Waals surface area contributed by atoms with Crippen molar-refractivity contribution in [3.63, 3.8) is 0 Å². The zero-order valence-corrected chi connectivity index (χ0v) is 11.6. The molecule has 0 amide bonds. The summed E-state index contributed by atoms with van der Waals surface area (Å²) >= 11 is 0. The SMILES string of the molecule is CN(NN)c1ccc(C=Cc2ccc([N+](=O)[O-])cc2)cc1. The molecule has 0 unspecified atom stereocenters. The summed E-state index contributed by atoms with van der Waals surface area (Å²) in [7, 11) is 1.82. The molecule has 21 heavy (non-hydrogen) atoms. The smallest absolute Gasteiger partial charge is 0.269 e. The normalized spacial score (nSPS) is 10.8. The van der Waals surface area contributed by atoms with Gasteiger partial charge in [0.15, 0.2) is 0 Å². The largest absolute Gasteiger partial charge is 0.298 e. The molecule has 0 aliphatic rings. The second-order valence-corrected chi connectivity index (χ2v) is 4.46. The van der Waals surface area contributed by atoms with Gasteiger partial charge in [0.05, 0.1) is 10.6 Å². The third kappa shape index (κ3) is 3.88. The van der Waals surface area contributed by atoms with Crippen LogP contribution in [0, 0.1) is 10.1 Å². The lowest BCUT2D eigenvalue weighted by Crippen LogP contribution is -2.39. The number of nitro groups is 1. The van der Waals surface area contributed by atoms with Gasteiger partial charge in [-0.3, -0.25) is 21.0 Å². The van der Waals surface area contributed by atoms with Crippen LogP contribution in [0.25, 0.3) is 12.2 Å². The number of hydrogen-bond acceptors (Lipinski definition) is 5. The van der Waals surface area contributed by atoms with Crippen LogP contribution in [0.2, 0.25) is 0 Å². The highest BCUT2D eigenvalue weighted by Gasteiger charge is 2.02. The van der Waals surface area contributed by atoms with Crippen molar-refractivity contribution < 1.29 is 4.92 Å². The Morgan fingerprint density at radius 3 is 1.95 bits per heavy atom.